The van der Waals surface area contributed by atoms with Crippen LogP contribution < -0.4 is 0 Å². The van der Waals surface area contributed by atoms with E-state index in [-0.39, 0.29) is 49.3 Å². The van der Waals surface area contributed by atoms with Gasteiger partial charge in [-0.25, -0.2) is 4.79 Å². The number of fused-ring (bicyclic) bond motifs is 3. The Morgan fingerprint density at radius 3 is 2.69 bits per heavy atom. The number of rotatable bonds is 3. The Labute approximate surface area is 170 Å². The van der Waals surface area contributed by atoms with Crippen molar-refractivity contribution in [1.29, 1.82) is 0 Å². The van der Waals surface area contributed by atoms with Crippen molar-refractivity contribution in [2.75, 3.05) is 6.61 Å². The third-order valence-electron chi connectivity index (χ3n) is 5.91. The molecule has 3 aliphatic heterocycles. The average Bonchev–Trinajstić information content (AvgIpc) is 3.10. The molecule has 0 aromatic heterocycles. The largest absolute Gasteiger partial charge is 0.465 e. The van der Waals surface area contributed by atoms with E-state index >= 15 is 0 Å². The lowest BCUT2D eigenvalue weighted by atomic mass is 9.83. The smallest absolute Gasteiger partial charge is 0.334 e. The molecule has 158 valence electrons. The number of carbonyl (C=O) groups excluding carboxylic acids is 4. The molecule has 0 N–H and O–H groups in total. The number of esters is 2. The maximum atomic E-state index is 13.1. The molecule has 29 heavy (non-hydrogen) atoms. The Morgan fingerprint density at radius 1 is 1.31 bits per heavy atom. The molecular weight excluding hydrogens is 376 g/mol. The molecule has 5 atom stereocenters. The lowest BCUT2D eigenvalue weighted by molar-refractivity contribution is -0.163. The van der Waals surface area contributed by atoms with Gasteiger partial charge in [0.15, 0.2) is 11.6 Å². The monoisotopic (exact) mass is 404 g/mol. The van der Waals surface area contributed by atoms with Crippen LogP contribution in [-0.2, 0) is 33.4 Å². The second-order valence-electron chi connectivity index (χ2n) is 8.45. The Balaban J connectivity index is 1.97. The molecule has 0 amide bonds. The Bertz CT molecular complexity index is 780. The quantitative estimate of drug-likeness (QED) is 0.405. The Morgan fingerprint density at radius 2 is 2.03 bits per heavy atom. The van der Waals surface area contributed by atoms with Crippen LogP contribution in [0.5, 0.6) is 0 Å². The third kappa shape index (κ3) is 4.50. The van der Waals surface area contributed by atoms with Gasteiger partial charge in [0.05, 0.1) is 12.2 Å². The van der Waals surface area contributed by atoms with Crippen LogP contribution in [0.4, 0.5) is 0 Å². The minimum atomic E-state index is -1.29. The van der Waals surface area contributed by atoms with Gasteiger partial charge in [-0.05, 0) is 45.6 Å². The lowest BCUT2D eigenvalue weighted by Crippen LogP contribution is -2.41. The summed E-state index contributed by atoms with van der Waals surface area (Å²) in [6, 6.07) is 0. The van der Waals surface area contributed by atoms with E-state index in [2.05, 4.69) is 6.58 Å². The number of carbonyl (C=O) groups is 4. The fourth-order valence-corrected chi connectivity index (χ4v) is 4.39. The highest BCUT2D eigenvalue weighted by Crippen LogP contribution is 2.39. The maximum absolute atomic E-state index is 13.1. The van der Waals surface area contributed by atoms with E-state index in [1.165, 1.54) is 0 Å². The second kappa shape index (κ2) is 8.22. The van der Waals surface area contributed by atoms with E-state index in [4.69, 9.17) is 14.2 Å². The van der Waals surface area contributed by atoms with Gasteiger partial charge in [0.25, 0.3) is 0 Å². The predicted molar refractivity (Wildman–Crippen MR) is 103 cm³/mol. The van der Waals surface area contributed by atoms with Gasteiger partial charge in [0, 0.05) is 24.8 Å². The van der Waals surface area contributed by atoms with Crippen molar-refractivity contribution in [3.8, 4) is 0 Å². The van der Waals surface area contributed by atoms with Gasteiger partial charge in [-0.15, -0.1) is 0 Å². The maximum Gasteiger partial charge on any atom is 0.334 e. The molecule has 0 radical (unpaired) electrons. The molecule has 4 bridgehead atoms. The van der Waals surface area contributed by atoms with Crippen LogP contribution in [0.25, 0.3) is 0 Å². The van der Waals surface area contributed by atoms with Crippen LogP contribution in [-0.4, -0.2) is 47.9 Å². The van der Waals surface area contributed by atoms with Gasteiger partial charge < -0.3 is 14.2 Å². The zero-order valence-electron chi connectivity index (χ0n) is 17.2. The van der Waals surface area contributed by atoms with Gasteiger partial charge in [-0.2, -0.15) is 0 Å². The molecule has 0 aliphatic carbocycles. The molecular formula is C22H28O7. The van der Waals surface area contributed by atoms with Crippen molar-refractivity contribution >= 4 is 23.5 Å². The molecule has 7 nitrogen and oxygen atoms in total. The van der Waals surface area contributed by atoms with Gasteiger partial charge >= 0.3 is 11.9 Å². The molecule has 3 heterocycles. The summed E-state index contributed by atoms with van der Waals surface area (Å²) in [6.07, 6.45) is 1.47. The zero-order valence-corrected chi connectivity index (χ0v) is 17.2. The summed E-state index contributed by atoms with van der Waals surface area (Å²) in [5.74, 6) is -3.31. The normalized spacial score (nSPS) is 35.1. The van der Waals surface area contributed by atoms with E-state index in [1.54, 1.807) is 19.9 Å². The van der Waals surface area contributed by atoms with Crippen molar-refractivity contribution in [1.82, 2.24) is 0 Å². The highest BCUT2D eigenvalue weighted by molar-refractivity contribution is 6.05. The van der Waals surface area contributed by atoms with Crippen molar-refractivity contribution in [3.05, 3.63) is 23.8 Å². The molecule has 0 saturated carbocycles. The first kappa shape index (κ1) is 21.4. The van der Waals surface area contributed by atoms with Crippen molar-refractivity contribution in [2.45, 2.75) is 70.7 Å². The minimum Gasteiger partial charge on any atom is -0.465 e. The SMILES string of the molecule is C=C(C)[C@H]1CCC2=C[C@@H](C[C@@]3(C)CC(=O)[C@H](O3)[C@@H](C(=O)OCC)C(=O)C1)OC2=O. The molecule has 7 heteroatoms. The van der Waals surface area contributed by atoms with Gasteiger partial charge in [-0.3, -0.25) is 14.4 Å². The van der Waals surface area contributed by atoms with Crippen molar-refractivity contribution in [3.63, 3.8) is 0 Å². The van der Waals surface area contributed by atoms with Crippen LogP contribution in [0.1, 0.15) is 52.9 Å². The molecule has 3 rings (SSSR count). The second-order valence-corrected chi connectivity index (χ2v) is 8.45. The van der Waals surface area contributed by atoms with Gasteiger partial charge in [0.2, 0.25) is 0 Å². The van der Waals surface area contributed by atoms with Gasteiger partial charge in [-0.1, -0.05) is 12.2 Å². The minimum absolute atomic E-state index is 0.0361. The first-order valence-electron chi connectivity index (χ1n) is 10.1. The first-order valence-corrected chi connectivity index (χ1v) is 10.1. The van der Waals surface area contributed by atoms with Crippen LogP contribution >= 0.6 is 0 Å². The van der Waals surface area contributed by atoms with Crippen molar-refractivity contribution in [2.24, 2.45) is 11.8 Å². The fraction of sp³-hybridized carbons (Fsp3) is 0.636. The van der Waals surface area contributed by atoms with Crippen LogP contribution in [0, 0.1) is 11.8 Å². The summed E-state index contributed by atoms with van der Waals surface area (Å²) < 4.78 is 16.5. The summed E-state index contributed by atoms with van der Waals surface area (Å²) >= 11 is 0. The van der Waals surface area contributed by atoms with E-state index in [0.29, 0.717) is 18.4 Å². The number of Topliss-reactive ketones (excluding diaryl/α,β-unsaturated/α-hetero) is 2. The zero-order chi connectivity index (χ0) is 21.3. The number of ether oxygens (including phenoxy) is 3. The van der Waals surface area contributed by atoms with E-state index < -0.39 is 29.7 Å². The van der Waals surface area contributed by atoms with Crippen molar-refractivity contribution < 1.29 is 33.4 Å². The van der Waals surface area contributed by atoms with Crippen LogP contribution in [0.2, 0.25) is 0 Å². The summed E-state index contributed by atoms with van der Waals surface area (Å²) in [6.45, 7) is 9.27. The summed E-state index contributed by atoms with van der Waals surface area (Å²) in [5, 5.41) is 0. The number of ketones is 2. The summed E-state index contributed by atoms with van der Waals surface area (Å²) in [7, 11) is 0. The Kier molecular flexibility index (Phi) is 6.08. The highest BCUT2D eigenvalue weighted by Gasteiger charge is 2.52. The fourth-order valence-electron chi connectivity index (χ4n) is 4.39. The topological polar surface area (TPSA) is 96.0 Å². The van der Waals surface area contributed by atoms with Crippen LogP contribution in [0.3, 0.4) is 0 Å². The lowest BCUT2D eigenvalue weighted by Gasteiger charge is -2.28. The summed E-state index contributed by atoms with van der Waals surface area (Å²) in [4.78, 5) is 50.7. The Hall–Kier alpha value is -2.28. The molecule has 0 aromatic carbocycles. The van der Waals surface area contributed by atoms with E-state index in [0.717, 1.165) is 5.57 Å². The summed E-state index contributed by atoms with van der Waals surface area (Å²) in [5.41, 5.74) is 0.424. The molecule has 3 aliphatic rings. The standard InChI is InChI=1S/C22H28O7/c1-5-27-21(26)18-16(23)9-13(12(2)3)6-7-14-8-15(28-20(14)25)10-22(4)11-17(24)19(18)29-22/h8,13,15,18-19H,2,5-7,9-11H2,1,3-4H3/t13-,15-,18-,19-,22-/m0/s1. The number of hydrogen-bond acceptors (Lipinski definition) is 7. The molecule has 0 spiro atoms. The van der Waals surface area contributed by atoms with Crippen LogP contribution in [0.15, 0.2) is 23.8 Å². The first-order chi connectivity index (χ1) is 13.6. The van der Waals surface area contributed by atoms with Gasteiger partial charge in [0.1, 0.15) is 18.1 Å². The number of allylic oxidation sites excluding steroid dienone is 1. The average molecular weight is 404 g/mol. The number of hydrogen-bond donors (Lipinski definition) is 0. The molecule has 0 aromatic rings. The third-order valence-corrected chi connectivity index (χ3v) is 5.91. The van der Waals surface area contributed by atoms with E-state index in [1.807, 2.05) is 6.92 Å². The molecule has 0 unspecified atom stereocenters. The highest BCUT2D eigenvalue weighted by atomic mass is 16.6. The predicted octanol–water partition coefficient (Wildman–Crippen LogP) is 2.47. The molecule has 1 saturated heterocycles. The molecule has 1 fully saturated rings. The van der Waals surface area contributed by atoms with E-state index in [9.17, 15) is 19.2 Å².